The highest BCUT2D eigenvalue weighted by Gasteiger charge is 2.50. The van der Waals surface area contributed by atoms with E-state index in [0.29, 0.717) is 6.10 Å². The van der Waals surface area contributed by atoms with Crippen LogP contribution in [0.15, 0.2) is 28.7 Å². The Morgan fingerprint density at radius 1 is 1.33 bits per heavy atom. The molecular formula is C17H24BrNO2. The van der Waals surface area contributed by atoms with Crippen molar-refractivity contribution in [3.8, 4) is 5.75 Å². The van der Waals surface area contributed by atoms with Gasteiger partial charge >= 0.3 is 0 Å². The molecule has 1 aromatic carbocycles. The maximum Gasteiger partial charge on any atom is 0.119 e. The van der Waals surface area contributed by atoms with Gasteiger partial charge in [-0.3, -0.25) is 0 Å². The first kappa shape index (κ1) is 15.3. The van der Waals surface area contributed by atoms with E-state index >= 15 is 0 Å². The zero-order valence-electron chi connectivity index (χ0n) is 12.6. The average molecular weight is 354 g/mol. The van der Waals surface area contributed by atoms with Crippen molar-refractivity contribution in [2.45, 2.75) is 31.8 Å². The van der Waals surface area contributed by atoms with E-state index in [2.05, 4.69) is 21.2 Å². The molecule has 1 saturated carbocycles. The molecule has 1 heterocycles. The largest absolute Gasteiger partial charge is 0.494 e. The lowest BCUT2D eigenvalue weighted by Gasteiger charge is -2.34. The van der Waals surface area contributed by atoms with Crippen LogP contribution in [0.1, 0.15) is 25.7 Å². The molecule has 2 fully saturated rings. The zero-order chi connectivity index (χ0) is 14.7. The fourth-order valence-electron chi connectivity index (χ4n) is 3.54. The summed E-state index contributed by atoms with van der Waals surface area (Å²) in [5.41, 5.74) is 0.255. The second-order valence-electron chi connectivity index (χ2n) is 6.32. The molecule has 116 valence electrons. The van der Waals surface area contributed by atoms with Gasteiger partial charge in [0.15, 0.2) is 0 Å². The Bertz CT molecular complexity index is 460. The summed E-state index contributed by atoms with van der Waals surface area (Å²) in [6.45, 7) is 2.69. The molecule has 1 aliphatic heterocycles. The van der Waals surface area contributed by atoms with Crippen molar-refractivity contribution in [3.63, 3.8) is 0 Å². The molecule has 21 heavy (non-hydrogen) atoms. The molecule has 2 unspecified atom stereocenters. The van der Waals surface area contributed by atoms with Gasteiger partial charge in [0.2, 0.25) is 0 Å². The summed E-state index contributed by atoms with van der Waals surface area (Å²) in [6, 6.07) is 8.06. The predicted octanol–water partition coefficient (Wildman–Crippen LogP) is 3.62. The van der Waals surface area contributed by atoms with Crippen LogP contribution in [-0.4, -0.2) is 32.9 Å². The van der Waals surface area contributed by atoms with Crippen molar-refractivity contribution in [1.82, 2.24) is 5.32 Å². The van der Waals surface area contributed by atoms with E-state index in [0.717, 1.165) is 48.7 Å². The van der Waals surface area contributed by atoms with Crippen LogP contribution in [0.4, 0.5) is 0 Å². The summed E-state index contributed by atoms with van der Waals surface area (Å²) in [5.74, 6) is 1.73. The second kappa shape index (κ2) is 6.67. The van der Waals surface area contributed by atoms with Crippen LogP contribution in [0.25, 0.3) is 0 Å². The summed E-state index contributed by atoms with van der Waals surface area (Å²) in [5, 5.41) is 3.38. The minimum absolute atomic E-state index is 0.255. The monoisotopic (exact) mass is 353 g/mol. The van der Waals surface area contributed by atoms with E-state index in [4.69, 9.17) is 9.47 Å². The van der Waals surface area contributed by atoms with Crippen LogP contribution in [0.2, 0.25) is 0 Å². The van der Waals surface area contributed by atoms with Crippen molar-refractivity contribution in [2.75, 3.05) is 26.8 Å². The highest BCUT2D eigenvalue weighted by molar-refractivity contribution is 9.10. The third kappa shape index (κ3) is 3.61. The number of rotatable bonds is 7. The van der Waals surface area contributed by atoms with Crippen LogP contribution in [-0.2, 0) is 4.74 Å². The van der Waals surface area contributed by atoms with Crippen molar-refractivity contribution < 1.29 is 9.47 Å². The average Bonchev–Trinajstić information content (AvgIpc) is 3.24. The van der Waals surface area contributed by atoms with Gasteiger partial charge in [-0.15, -0.1) is 0 Å². The lowest BCUT2D eigenvalue weighted by Crippen LogP contribution is -2.42. The van der Waals surface area contributed by atoms with Gasteiger partial charge in [0.25, 0.3) is 0 Å². The van der Waals surface area contributed by atoms with Crippen LogP contribution < -0.4 is 10.1 Å². The lowest BCUT2D eigenvalue weighted by atomic mass is 9.76. The van der Waals surface area contributed by atoms with Gasteiger partial charge in [-0.1, -0.05) is 15.9 Å². The summed E-state index contributed by atoms with van der Waals surface area (Å²) < 4.78 is 13.1. The molecule has 0 spiro atoms. The van der Waals surface area contributed by atoms with Gasteiger partial charge in [-0.05, 0) is 62.9 Å². The molecule has 0 aromatic heterocycles. The molecule has 0 radical (unpaired) electrons. The van der Waals surface area contributed by atoms with Crippen molar-refractivity contribution >= 4 is 15.9 Å². The van der Waals surface area contributed by atoms with Gasteiger partial charge in [-0.2, -0.15) is 0 Å². The fraction of sp³-hybridized carbons (Fsp3) is 0.647. The first-order valence-electron chi connectivity index (χ1n) is 7.88. The van der Waals surface area contributed by atoms with E-state index in [1.807, 2.05) is 31.3 Å². The minimum Gasteiger partial charge on any atom is -0.494 e. The summed E-state index contributed by atoms with van der Waals surface area (Å²) in [6.07, 6.45) is 5.32. The maximum absolute atomic E-state index is 6.06. The Balaban J connectivity index is 1.58. The zero-order valence-corrected chi connectivity index (χ0v) is 14.2. The molecule has 4 heteroatoms. The molecule has 1 N–H and O–H groups in total. The van der Waals surface area contributed by atoms with Gasteiger partial charge in [0.05, 0.1) is 12.7 Å². The Morgan fingerprint density at radius 2 is 2.10 bits per heavy atom. The number of ether oxygens (including phenoxy) is 2. The molecule has 1 aromatic rings. The van der Waals surface area contributed by atoms with Gasteiger partial charge in [0.1, 0.15) is 5.75 Å². The standard InChI is InChI=1S/C17H24BrNO2/c1-19-12-17(9-11-21-16(17)13-2-3-13)8-10-20-15-6-4-14(18)5-7-15/h4-7,13,16,19H,2-3,8-12H2,1H3. The van der Waals surface area contributed by atoms with E-state index < -0.39 is 0 Å². The minimum atomic E-state index is 0.255. The molecule has 0 bridgehead atoms. The van der Waals surface area contributed by atoms with Crippen LogP contribution in [0.5, 0.6) is 5.75 Å². The van der Waals surface area contributed by atoms with Crippen LogP contribution in [0.3, 0.4) is 0 Å². The van der Waals surface area contributed by atoms with E-state index in [9.17, 15) is 0 Å². The molecule has 2 atom stereocenters. The van der Waals surface area contributed by atoms with E-state index in [1.54, 1.807) is 0 Å². The predicted molar refractivity (Wildman–Crippen MR) is 87.7 cm³/mol. The Labute approximate surface area is 135 Å². The SMILES string of the molecule is CNCC1(CCOc2ccc(Br)cc2)CCOC1C1CC1. The second-order valence-corrected chi connectivity index (χ2v) is 7.24. The van der Waals surface area contributed by atoms with Crippen molar-refractivity contribution in [2.24, 2.45) is 11.3 Å². The molecule has 1 aliphatic carbocycles. The van der Waals surface area contributed by atoms with Gasteiger partial charge in [-0.25, -0.2) is 0 Å². The van der Waals surface area contributed by atoms with Gasteiger partial charge in [0, 0.05) is 23.0 Å². The highest BCUT2D eigenvalue weighted by atomic mass is 79.9. The Morgan fingerprint density at radius 3 is 2.76 bits per heavy atom. The molecule has 2 aliphatic rings. The third-order valence-corrected chi connectivity index (χ3v) is 5.29. The molecule has 1 saturated heterocycles. The van der Waals surface area contributed by atoms with Crippen molar-refractivity contribution in [3.05, 3.63) is 28.7 Å². The summed E-state index contributed by atoms with van der Waals surface area (Å²) >= 11 is 3.45. The summed E-state index contributed by atoms with van der Waals surface area (Å²) in [7, 11) is 2.04. The highest BCUT2D eigenvalue weighted by Crippen LogP contribution is 2.49. The fourth-order valence-corrected chi connectivity index (χ4v) is 3.81. The number of hydrogen-bond acceptors (Lipinski definition) is 3. The quantitative estimate of drug-likeness (QED) is 0.811. The third-order valence-electron chi connectivity index (χ3n) is 4.76. The normalized spacial score (nSPS) is 28.8. The van der Waals surface area contributed by atoms with E-state index in [-0.39, 0.29) is 5.41 Å². The number of hydrogen-bond donors (Lipinski definition) is 1. The van der Waals surface area contributed by atoms with Gasteiger partial charge < -0.3 is 14.8 Å². The molecular weight excluding hydrogens is 330 g/mol. The summed E-state index contributed by atoms with van der Waals surface area (Å²) in [4.78, 5) is 0. The smallest absolute Gasteiger partial charge is 0.119 e. The topological polar surface area (TPSA) is 30.5 Å². The molecule has 3 rings (SSSR count). The van der Waals surface area contributed by atoms with E-state index in [1.165, 1.54) is 12.8 Å². The van der Waals surface area contributed by atoms with Crippen LogP contribution >= 0.6 is 15.9 Å². The maximum atomic E-state index is 6.06. The number of halogens is 1. The molecule has 0 amide bonds. The van der Waals surface area contributed by atoms with Crippen LogP contribution in [0, 0.1) is 11.3 Å². The Hall–Kier alpha value is -0.580. The lowest BCUT2D eigenvalue weighted by molar-refractivity contribution is 0.0211. The van der Waals surface area contributed by atoms with Crippen molar-refractivity contribution in [1.29, 1.82) is 0 Å². The number of benzene rings is 1. The molecule has 3 nitrogen and oxygen atoms in total. The Kier molecular flexibility index (Phi) is 4.87. The first-order valence-corrected chi connectivity index (χ1v) is 8.67. The first-order chi connectivity index (χ1) is 10.2. The number of nitrogens with one attached hydrogen (secondary N) is 1.